The summed E-state index contributed by atoms with van der Waals surface area (Å²) in [6.07, 6.45) is -105. The fourth-order valence-electron chi connectivity index (χ4n) is 14.8. The van der Waals surface area contributed by atoms with Crippen molar-refractivity contribution in [3.05, 3.63) is 0 Å². The first-order valence-corrected chi connectivity index (χ1v) is 38.0. The molecule has 0 saturated carbocycles. The zero-order chi connectivity index (χ0) is 90.2. The van der Waals surface area contributed by atoms with Gasteiger partial charge in [0.15, 0.2) is 44.0 Å². The van der Waals surface area contributed by atoms with Crippen molar-refractivity contribution >= 4 is 23.7 Å². The van der Waals surface area contributed by atoms with E-state index in [0.29, 0.717) is 0 Å². The van der Waals surface area contributed by atoms with Crippen LogP contribution in [0.5, 0.6) is 0 Å². The first-order valence-electron chi connectivity index (χ1n) is 38.0. The van der Waals surface area contributed by atoms with Gasteiger partial charge in [0.05, 0.1) is 78.2 Å². The third-order valence-electron chi connectivity index (χ3n) is 21.5. The van der Waals surface area contributed by atoms with Crippen molar-refractivity contribution < 1.29 is 258 Å². The van der Waals surface area contributed by atoms with E-state index < -0.39 is 390 Å². The number of carboxylic acid groups (broad SMARTS) is 1. The van der Waals surface area contributed by atoms with Crippen LogP contribution in [-0.2, 0) is 95.0 Å². The SMILES string of the molecule is CC(=O)N[C@H]1[C@H](OC[C@@H](O)[C@@H](O)[C@H](O)[C@H](CO)NC(C)=O)O[C@H](CO[C@]2(C(=O)O)C[C@@H](O)[C@@H](O[C@H]3O[C@H]([C@@H](O)CO)[C@@H](O[C@@H]4O[C@H](CO)[C@@H](O)[C@H](O)[C@H]4O)[C@H](O[C@H]4O[C@H]([C@H](CO)O[C@H]5O[C@H]([C@@H](O)CO)[C@@H](O)[C@H](O)[C@@H]5O)[C@@H](O)[C@H](O)[C@@H]4O[C@H]4O[C@H]([C@@H](O)CO[C@H]5O[C@H](CO)[C@@H](O)[C@H](O)[C@H]5NC(C)=O)[C@@H](O)[C@H](O)[C@@H]4O)[C@@H]3O)[C@@H]([C@H](O)CO)O2)[C@@H](O)[C@@H]1O. The van der Waals surface area contributed by atoms with E-state index >= 15 is 0 Å². The van der Waals surface area contributed by atoms with Gasteiger partial charge in [-0.15, -0.1) is 0 Å². The van der Waals surface area contributed by atoms with Crippen LogP contribution < -0.4 is 16.0 Å². The smallest absolute Gasteiger partial charge is 0.364 e. The highest BCUT2D eigenvalue weighted by atomic mass is 16.8. The largest absolute Gasteiger partial charge is 0.477 e. The number of amides is 3. The van der Waals surface area contributed by atoms with E-state index in [-0.39, 0.29) is 0 Å². The predicted molar refractivity (Wildman–Crippen MR) is 369 cm³/mol. The number of ether oxygens (including phenoxy) is 16. The van der Waals surface area contributed by atoms with Crippen LogP contribution in [0.3, 0.4) is 0 Å². The Balaban J connectivity index is 1.16. The molecule has 0 spiro atoms. The topological polar surface area (TPSA) is 899 Å². The molecule has 8 heterocycles. The average molecular weight is 1780 g/mol. The molecule has 8 saturated heterocycles. The van der Waals surface area contributed by atoms with Crippen LogP contribution in [0.4, 0.5) is 0 Å². The molecular formula is C66H113N3O52. The van der Waals surface area contributed by atoms with E-state index in [9.17, 15) is 183 Å². The summed E-state index contributed by atoms with van der Waals surface area (Å²) in [5.41, 5.74) is 0. The first kappa shape index (κ1) is 102. The Bertz CT molecular complexity index is 3190. The maximum absolute atomic E-state index is 13.6. The van der Waals surface area contributed by atoms with Gasteiger partial charge in [0, 0.05) is 27.2 Å². The van der Waals surface area contributed by atoms with Gasteiger partial charge in [0.1, 0.15) is 232 Å². The fraction of sp³-hybridized carbons (Fsp3) is 0.939. The second-order valence-corrected chi connectivity index (χ2v) is 30.2. The number of carboxylic acids is 1. The molecule has 8 aliphatic rings. The van der Waals surface area contributed by atoms with Crippen molar-refractivity contribution in [2.75, 3.05) is 66.1 Å². The van der Waals surface area contributed by atoms with Crippen molar-refractivity contribution in [2.24, 2.45) is 0 Å². The molecule has 48 atom stereocenters. The molecule has 0 bridgehead atoms. The summed E-state index contributed by atoms with van der Waals surface area (Å²) in [4.78, 5) is 49.8. The molecule has 55 heteroatoms. The summed E-state index contributed by atoms with van der Waals surface area (Å²) in [6.45, 7) is -9.39. The Morgan fingerprint density at radius 3 is 1.32 bits per heavy atom. The van der Waals surface area contributed by atoms with E-state index in [2.05, 4.69) is 16.0 Å². The number of aliphatic hydroxyl groups excluding tert-OH is 31. The van der Waals surface area contributed by atoms with Gasteiger partial charge >= 0.3 is 5.97 Å². The number of carbonyl (C=O) groups excluding carboxylic acids is 3. The summed E-state index contributed by atoms with van der Waals surface area (Å²) < 4.78 is 93.1. The summed E-state index contributed by atoms with van der Waals surface area (Å²) >= 11 is 0. The van der Waals surface area contributed by atoms with E-state index in [4.69, 9.17) is 75.8 Å². The third-order valence-corrected chi connectivity index (χ3v) is 21.5. The van der Waals surface area contributed by atoms with Crippen LogP contribution in [-0.4, -0.2) is 547 Å². The van der Waals surface area contributed by atoms with E-state index in [1.807, 2.05) is 0 Å². The van der Waals surface area contributed by atoms with E-state index in [1.54, 1.807) is 0 Å². The zero-order valence-electron chi connectivity index (χ0n) is 64.4. The van der Waals surface area contributed by atoms with Gasteiger partial charge in [-0.25, -0.2) is 4.79 Å². The fourth-order valence-corrected chi connectivity index (χ4v) is 14.8. The third kappa shape index (κ3) is 23.4. The molecule has 3 amide bonds. The molecule has 55 nitrogen and oxygen atoms in total. The number of nitrogens with one attached hydrogen (secondary N) is 3. The maximum Gasteiger partial charge on any atom is 0.364 e. The molecule has 0 aromatic heterocycles. The molecule has 0 aliphatic carbocycles. The van der Waals surface area contributed by atoms with Crippen LogP contribution in [0.2, 0.25) is 0 Å². The average Bonchev–Trinajstić information content (AvgIpc) is 0.752. The van der Waals surface area contributed by atoms with Gasteiger partial charge in [0.25, 0.3) is 5.79 Å². The Morgan fingerprint density at radius 1 is 0.380 bits per heavy atom. The first-order chi connectivity index (χ1) is 56.9. The molecule has 8 fully saturated rings. The van der Waals surface area contributed by atoms with Gasteiger partial charge in [-0.3, -0.25) is 14.4 Å². The van der Waals surface area contributed by atoms with Crippen molar-refractivity contribution in [1.82, 2.24) is 16.0 Å². The minimum Gasteiger partial charge on any atom is -0.477 e. The van der Waals surface area contributed by atoms with Crippen LogP contribution in [0.25, 0.3) is 0 Å². The van der Waals surface area contributed by atoms with Gasteiger partial charge in [-0.2, -0.15) is 0 Å². The Morgan fingerprint density at radius 2 is 0.802 bits per heavy atom. The van der Waals surface area contributed by atoms with Crippen molar-refractivity contribution in [3.63, 3.8) is 0 Å². The predicted octanol–water partition coefficient (Wildman–Crippen LogP) is -23.3. The minimum atomic E-state index is -3.38. The normalized spacial score (nSPS) is 44.8. The molecule has 0 aromatic rings. The Kier molecular flexibility index (Phi) is 37.9. The summed E-state index contributed by atoms with van der Waals surface area (Å²) in [5, 5.41) is 362. The van der Waals surface area contributed by atoms with Crippen LogP contribution in [0, 0.1) is 0 Å². The Labute approximate surface area is 683 Å². The minimum absolute atomic E-state index is 0.779. The standard InChI is InChI=1S/C66H113N3O52/c1-15(77)67-18(5-70)31(86)32(87)23(84)12-106-59-30(69-17(3)79)37(92)35(90)28(112-59)14-108-66(65(104)105)4-19(80)51(53(121-66)22(83)8-73)115-63-48(103)55(57(52(116-63)21(82)7-72)120-60-45(100)38(93)34(89)26(10-75)110-60)118-64-56(44(99)43(98)54(117-64)27(11-76)111-61-46(101)39(94)41(96)49(113-61)20(81)6-71)119-62-47(102)40(95)42(97)50(114-62)24(85)13-107-58-29(68-16(2)78)36(91)33(88)25(9-74)109-58/h18-64,70-76,80-103H,4-14H2,1-3H3,(H,67,77)(H,68,78)(H,69,79)(H,104,105)/t18-,19+,20-,21-,22+,23+,24-,25+,26+,27-,28+,29+,30+,31+,32+,33+,34+,35+,36+,37+,38-,39-,40-,41-,42-,43-,44-,45+,46-,47-,48-,49+,50+,51+,52+,53+,54+,55+,56-,57+,58-,59+,60-,61-,62+,63-,64+,66+/m0/s1. The van der Waals surface area contributed by atoms with Crippen LogP contribution in [0.15, 0.2) is 0 Å². The Hall–Kier alpha value is -4.00. The van der Waals surface area contributed by atoms with Gasteiger partial charge < -0.3 is 255 Å². The lowest BCUT2D eigenvalue weighted by atomic mass is 9.91. The highest BCUT2D eigenvalue weighted by molar-refractivity contribution is 5.76. The number of hydrogen-bond donors (Lipinski definition) is 35. The molecule has 8 rings (SSSR count). The number of hydrogen-bond acceptors (Lipinski definition) is 51. The molecule has 35 N–H and O–H groups in total. The van der Waals surface area contributed by atoms with Gasteiger partial charge in [0.2, 0.25) is 17.7 Å². The van der Waals surface area contributed by atoms with E-state index in [0.717, 1.165) is 20.8 Å². The zero-order valence-corrected chi connectivity index (χ0v) is 64.4. The molecular weight excluding hydrogens is 1670 g/mol. The second-order valence-electron chi connectivity index (χ2n) is 30.2. The van der Waals surface area contributed by atoms with Gasteiger partial charge in [-0.1, -0.05) is 0 Å². The van der Waals surface area contributed by atoms with Crippen molar-refractivity contribution in [1.29, 1.82) is 0 Å². The number of carbonyl (C=O) groups is 4. The molecule has 121 heavy (non-hydrogen) atoms. The maximum atomic E-state index is 13.6. The number of aliphatic hydroxyl groups is 31. The number of aliphatic carboxylic acids is 1. The summed E-state index contributed by atoms with van der Waals surface area (Å²) in [6, 6.07) is -5.02. The summed E-state index contributed by atoms with van der Waals surface area (Å²) in [7, 11) is 0. The molecule has 704 valence electrons. The monoisotopic (exact) mass is 1780 g/mol. The van der Waals surface area contributed by atoms with E-state index in [1.165, 1.54) is 0 Å². The lowest BCUT2D eigenvalue weighted by Crippen LogP contribution is -2.71. The molecule has 0 aromatic carbocycles. The molecule has 0 radical (unpaired) electrons. The van der Waals surface area contributed by atoms with Crippen LogP contribution >= 0.6 is 0 Å². The van der Waals surface area contributed by atoms with Crippen molar-refractivity contribution in [3.8, 4) is 0 Å². The summed E-state index contributed by atoms with van der Waals surface area (Å²) in [5.74, 6) is -8.12. The van der Waals surface area contributed by atoms with Crippen LogP contribution in [0.1, 0.15) is 27.2 Å². The molecule has 0 unspecified atom stereocenters. The lowest BCUT2D eigenvalue weighted by molar-refractivity contribution is -0.418. The lowest BCUT2D eigenvalue weighted by Gasteiger charge is -2.52. The van der Waals surface area contributed by atoms with Crippen molar-refractivity contribution in [2.45, 2.75) is 321 Å². The highest BCUT2D eigenvalue weighted by Gasteiger charge is 2.63. The highest BCUT2D eigenvalue weighted by Crippen LogP contribution is 2.42. The second kappa shape index (κ2) is 44.8. The van der Waals surface area contributed by atoms with Gasteiger partial charge in [-0.05, 0) is 0 Å². The number of rotatable bonds is 38. The quantitative estimate of drug-likeness (QED) is 0.0273. The molecule has 8 aliphatic heterocycles.